The average Bonchev–Trinajstić information content (AvgIpc) is 2.46. The molecule has 1 aliphatic rings. The molecule has 2 N–H and O–H groups in total. The van der Waals surface area contributed by atoms with Crippen molar-refractivity contribution in [1.82, 2.24) is 0 Å². The van der Waals surface area contributed by atoms with Crippen LogP contribution in [-0.4, -0.2) is 17.0 Å². The lowest BCUT2D eigenvalue weighted by molar-refractivity contribution is -0.131. The van der Waals surface area contributed by atoms with Crippen LogP contribution in [0.4, 0.5) is 5.69 Å². The molecule has 0 heterocycles. The van der Waals surface area contributed by atoms with E-state index in [1.165, 1.54) is 12.5 Å². The van der Waals surface area contributed by atoms with Crippen molar-refractivity contribution in [2.24, 2.45) is 5.92 Å². The van der Waals surface area contributed by atoms with Crippen LogP contribution in [0.2, 0.25) is 0 Å². The van der Waals surface area contributed by atoms with Gasteiger partial charge in [-0.2, -0.15) is 0 Å². The van der Waals surface area contributed by atoms with Crippen LogP contribution >= 0.6 is 0 Å². The van der Waals surface area contributed by atoms with E-state index >= 15 is 0 Å². The Kier molecular flexibility index (Phi) is 4.93. The maximum Gasteiger partial charge on any atom is 0.328 e. The number of carboxylic acid groups (broad SMARTS) is 1. The molecule has 1 aliphatic carbocycles. The summed E-state index contributed by atoms with van der Waals surface area (Å²) in [5.41, 5.74) is 1.47. The molecule has 2 rings (SSSR count). The molecule has 1 fully saturated rings. The number of hydrogen-bond donors (Lipinski definition) is 2. The number of carbonyl (C=O) groups excluding carboxylic acids is 1. The minimum atomic E-state index is -0.985. The van der Waals surface area contributed by atoms with E-state index in [4.69, 9.17) is 5.11 Å². The van der Waals surface area contributed by atoms with E-state index in [0.29, 0.717) is 5.69 Å². The Hall–Kier alpha value is -2.10. The zero-order chi connectivity index (χ0) is 14.4. The number of aliphatic carboxylic acids is 1. The van der Waals surface area contributed by atoms with Gasteiger partial charge in [0.15, 0.2) is 0 Å². The first-order valence-electron chi connectivity index (χ1n) is 6.97. The summed E-state index contributed by atoms with van der Waals surface area (Å²) in [6.45, 7) is 0. The summed E-state index contributed by atoms with van der Waals surface area (Å²) in [7, 11) is 0. The van der Waals surface area contributed by atoms with Gasteiger partial charge in [-0.25, -0.2) is 4.79 Å². The van der Waals surface area contributed by atoms with Gasteiger partial charge in [0.05, 0.1) is 0 Å². The van der Waals surface area contributed by atoms with Crippen LogP contribution < -0.4 is 5.32 Å². The van der Waals surface area contributed by atoms with Crippen molar-refractivity contribution in [2.75, 3.05) is 5.32 Å². The first-order valence-corrected chi connectivity index (χ1v) is 6.97. The van der Waals surface area contributed by atoms with Gasteiger partial charge in [-0.3, -0.25) is 4.79 Å². The lowest BCUT2D eigenvalue weighted by Gasteiger charge is -2.20. The van der Waals surface area contributed by atoms with Crippen molar-refractivity contribution in [3.8, 4) is 0 Å². The van der Waals surface area contributed by atoms with Gasteiger partial charge in [-0.05, 0) is 36.6 Å². The number of amides is 1. The topological polar surface area (TPSA) is 66.4 Å². The molecule has 0 radical (unpaired) electrons. The Bertz CT molecular complexity index is 516. The van der Waals surface area contributed by atoms with Crippen LogP contribution in [0.25, 0.3) is 6.08 Å². The SMILES string of the molecule is O=C(O)C=Cc1cccc(NC(=O)C2CCCCC2)c1. The number of carboxylic acids is 1. The predicted molar refractivity (Wildman–Crippen MR) is 78.3 cm³/mol. The van der Waals surface area contributed by atoms with Gasteiger partial charge >= 0.3 is 5.97 Å². The van der Waals surface area contributed by atoms with Gasteiger partial charge in [0.1, 0.15) is 0 Å². The molecule has 1 aromatic rings. The minimum absolute atomic E-state index is 0.0732. The zero-order valence-electron chi connectivity index (χ0n) is 11.3. The number of benzene rings is 1. The third kappa shape index (κ3) is 4.23. The van der Waals surface area contributed by atoms with E-state index in [0.717, 1.165) is 37.3 Å². The second-order valence-electron chi connectivity index (χ2n) is 5.12. The maximum absolute atomic E-state index is 12.1. The highest BCUT2D eigenvalue weighted by Gasteiger charge is 2.20. The van der Waals surface area contributed by atoms with Crippen LogP contribution in [0.3, 0.4) is 0 Å². The first kappa shape index (κ1) is 14.3. The highest BCUT2D eigenvalue weighted by Crippen LogP contribution is 2.25. The largest absolute Gasteiger partial charge is 0.478 e. The number of rotatable bonds is 4. The van der Waals surface area contributed by atoms with Gasteiger partial charge in [-0.1, -0.05) is 31.4 Å². The fraction of sp³-hybridized carbons (Fsp3) is 0.375. The van der Waals surface area contributed by atoms with Gasteiger partial charge in [0.2, 0.25) is 5.91 Å². The van der Waals surface area contributed by atoms with Crippen LogP contribution in [0.1, 0.15) is 37.7 Å². The molecule has 0 atom stereocenters. The molecule has 106 valence electrons. The van der Waals surface area contributed by atoms with E-state index < -0.39 is 5.97 Å². The molecular weight excluding hydrogens is 254 g/mol. The van der Waals surface area contributed by atoms with Crippen LogP contribution in [0.5, 0.6) is 0 Å². The van der Waals surface area contributed by atoms with Crippen LogP contribution in [0, 0.1) is 5.92 Å². The average molecular weight is 273 g/mol. The van der Waals surface area contributed by atoms with Crippen molar-refractivity contribution in [3.63, 3.8) is 0 Å². The Morgan fingerprint density at radius 2 is 1.95 bits per heavy atom. The monoisotopic (exact) mass is 273 g/mol. The lowest BCUT2D eigenvalue weighted by Crippen LogP contribution is -2.24. The van der Waals surface area contributed by atoms with Crippen molar-refractivity contribution in [2.45, 2.75) is 32.1 Å². The molecule has 4 heteroatoms. The normalized spacial score (nSPS) is 16.2. The summed E-state index contributed by atoms with van der Waals surface area (Å²) in [5, 5.41) is 11.5. The second-order valence-corrected chi connectivity index (χ2v) is 5.12. The Balaban J connectivity index is 2.00. The minimum Gasteiger partial charge on any atom is -0.478 e. The van der Waals surface area contributed by atoms with Gasteiger partial charge in [0.25, 0.3) is 0 Å². The summed E-state index contributed by atoms with van der Waals surface area (Å²) in [5.74, 6) is -0.798. The van der Waals surface area contributed by atoms with E-state index in [2.05, 4.69) is 5.32 Å². The van der Waals surface area contributed by atoms with Gasteiger partial charge in [-0.15, -0.1) is 0 Å². The molecule has 0 unspecified atom stereocenters. The maximum atomic E-state index is 12.1. The van der Waals surface area contributed by atoms with Crippen molar-refractivity contribution in [1.29, 1.82) is 0 Å². The number of nitrogens with one attached hydrogen (secondary N) is 1. The molecular formula is C16H19NO3. The summed E-state index contributed by atoms with van der Waals surface area (Å²) in [6, 6.07) is 7.20. The van der Waals surface area contributed by atoms with E-state index in [-0.39, 0.29) is 11.8 Å². The zero-order valence-corrected chi connectivity index (χ0v) is 11.3. The quantitative estimate of drug-likeness (QED) is 0.827. The summed E-state index contributed by atoms with van der Waals surface area (Å²) < 4.78 is 0. The Morgan fingerprint density at radius 1 is 1.20 bits per heavy atom. The highest BCUT2D eigenvalue weighted by atomic mass is 16.4. The summed E-state index contributed by atoms with van der Waals surface area (Å²) in [6.07, 6.45) is 7.99. The van der Waals surface area contributed by atoms with Crippen molar-refractivity contribution in [3.05, 3.63) is 35.9 Å². The fourth-order valence-electron chi connectivity index (χ4n) is 2.50. The molecule has 1 aromatic carbocycles. The number of anilines is 1. The lowest BCUT2D eigenvalue weighted by atomic mass is 9.88. The molecule has 1 saturated carbocycles. The molecule has 0 bridgehead atoms. The molecule has 0 saturated heterocycles. The molecule has 0 aliphatic heterocycles. The smallest absolute Gasteiger partial charge is 0.328 e. The molecule has 0 spiro atoms. The number of carbonyl (C=O) groups is 2. The first-order chi connectivity index (χ1) is 9.65. The van der Waals surface area contributed by atoms with E-state index in [1.807, 2.05) is 6.07 Å². The highest BCUT2D eigenvalue weighted by molar-refractivity contribution is 5.93. The van der Waals surface area contributed by atoms with Crippen molar-refractivity contribution >= 4 is 23.6 Å². The molecule has 1 amide bonds. The standard InChI is InChI=1S/C16H19NO3/c18-15(19)10-9-12-5-4-8-14(11-12)17-16(20)13-6-2-1-3-7-13/h4-5,8-11,13H,1-3,6-7H2,(H,17,20)(H,18,19). The van der Waals surface area contributed by atoms with Crippen LogP contribution in [-0.2, 0) is 9.59 Å². The predicted octanol–water partition coefficient (Wildman–Crippen LogP) is 3.30. The Morgan fingerprint density at radius 3 is 2.65 bits per heavy atom. The molecule has 4 nitrogen and oxygen atoms in total. The van der Waals surface area contributed by atoms with Crippen LogP contribution in [0.15, 0.2) is 30.3 Å². The summed E-state index contributed by atoms with van der Waals surface area (Å²) in [4.78, 5) is 22.6. The van der Waals surface area contributed by atoms with Gasteiger partial charge in [0, 0.05) is 17.7 Å². The van der Waals surface area contributed by atoms with E-state index in [1.54, 1.807) is 18.2 Å². The Labute approximate surface area is 118 Å². The fourth-order valence-corrected chi connectivity index (χ4v) is 2.50. The molecule has 20 heavy (non-hydrogen) atoms. The second kappa shape index (κ2) is 6.89. The third-order valence-electron chi connectivity index (χ3n) is 3.55. The number of hydrogen-bond acceptors (Lipinski definition) is 2. The van der Waals surface area contributed by atoms with E-state index in [9.17, 15) is 9.59 Å². The molecule has 0 aromatic heterocycles. The van der Waals surface area contributed by atoms with Gasteiger partial charge < -0.3 is 10.4 Å². The third-order valence-corrected chi connectivity index (χ3v) is 3.55. The van der Waals surface area contributed by atoms with Crippen molar-refractivity contribution < 1.29 is 14.7 Å². The summed E-state index contributed by atoms with van der Waals surface area (Å²) >= 11 is 0.